The second-order valence-corrected chi connectivity index (χ2v) is 7.35. The lowest BCUT2D eigenvalue weighted by molar-refractivity contribution is -0.137. The van der Waals surface area contributed by atoms with Gasteiger partial charge in [0.1, 0.15) is 0 Å². The molecule has 0 radical (unpaired) electrons. The van der Waals surface area contributed by atoms with Gasteiger partial charge in [-0.15, -0.1) is 10.2 Å². The number of hydrogen-bond acceptors (Lipinski definition) is 7. The molecule has 1 aliphatic heterocycles. The van der Waals surface area contributed by atoms with Crippen LogP contribution in [0.2, 0.25) is 0 Å². The van der Waals surface area contributed by atoms with Crippen molar-refractivity contribution in [3.05, 3.63) is 48.8 Å². The second-order valence-electron chi connectivity index (χ2n) is 7.35. The van der Waals surface area contributed by atoms with E-state index in [4.69, 9.17) is 0 Å². The Hall–Kier alpha value is -3.36. The highest BCUT2D eigenvalue weighted by Crippen LogP contribution is 2.22. The molecular weight excluding hydrogens is 368 g/mol. The van der Waals surface area contributed by atoms with Crippen LogP contribution in [0.1, 0.15) is 19.9 Å². The number of carbonyl (C=O) groups is 1. The van der Waals surface area contributed by atoms with Crippen molar-refractivity contribution < 1.29 is 4.79 Å². The average Bonchev–Trinajstić information content (AvgIpc) is 3.24. The van der Waals surface area contributed by atoms with Gasteiger partial charge in [-0.3, -0.25) is 4.79 Å². The van der Waals surface area contributed by atoms with E-state index >= 15 is 0 Å². The summed E-state index contributed by atoms with van der Waals surface area (Å²) in [6.07, 6.45) is 3.46. The summed E-state index contributed by atoms with van der Waals surface area (Å²) in [6.45, 7) is 6.62. The van der Waals surface area contributed by atoms with Crippen molar-refractivity contribution in [2.24, 2.45) is 5.92 Å². The molecule has 1 aliphatic rings. The van der Waals surface area contributed by atoms with E-state index in [1.54, 1.807) is 18.5 Å². The van der Waals surface area contributed by atoms with Gasteiger partial charge in [0, 0.05) is 44.1 Å². The SMILES string of the molecule is CC(C)C(C(=O)N1CCN(c2ncccn2)CC1)n1nnc(-c2ccccc2)n1. The van der Waals surface area contributed by atoms with E-state index in [2.05, 4.69) is 30.3 Å². The molecule has 1 atom stereocenters. The number of rotatable bonds is 5. The molecule has 0 spiro atoms. The van der Waals surface area contributed by atoms with Gasteiger partial charge in [0.25, 0.3) is 0 Å². The Morgan fingerprint density at radius 3 is 2.31 bits per heavy atom. The van der Waals surface area contributed by atoms with Gasteiger partial charge in [-0.2, -0.15) is 4.80 Å². The molecule has 9 nitrogen and oxygen atoms in total. The van der Waals surface area contributed by atoms with Crippen molar-refractivity contribution in [1.82, 2.24) is 35.1 Å². The first-order valence-electron chi connectivity index (χ1n) is 9.79. The lowest BCUT2D eigenvalue weighted by atomic mass is 10.0. The summed E-state index contributed by atoms with van der Waals surface area (Å²) in [7, 11) is 0. The highest BCUT2D eigenvalue weighted by Gasteiger charge is 2.33. The Morgan fingerprint density at radius 2 is 1.66 bits per heavy atom. The van der Waals surface area contributed by atoms with Crippen LogP contribution in [0.5, 0.6) is 0 Å². The maximum Gasteiger partial charge on any atom is 0.249 e. The molecule has 29 heavy (non-hydrogen) atoms. The molecule has 1 aromatic carbocycles. The number of aromatic nitrogens is 6. The number of benzene rings is 1. The molecule has 1 amide bonds. The molecule has 0 aliphatic carbocycles. The number of nitrogens with zero attached hydrogens (tertiary/aromatic N) is 8. The quantitative estimate of drug-likeness (QED) is 0.652. The van der Waals surface area contributed by atoms with Crippen LogP contribution in [0, 0.1) is 5.92 Å². The van der Waals surface area contributed by atoms with E-state index in [0.717, 1.165) is 5.56 Å². The van der Waals surface area contributed by atoms with Crippen molar-refractivity contribution >= 4 is 11.9 Å². The summed E-state index contributed by atoms with van der Waals surface area (Å²) < 4.78 is 0. The molecule has 1 fully saturated rings. The Morgan fingerprint density at radius 1 is 0.966 bits per heavy atom. The van der Waals surface area contributed by atoms with Crippen LogP contribution in [-0.4, -0.2) is 67.2 Å². The minimum Gasteiger partial charge on any atom is -0.337 e. The Bertz CT molecular complexity index is 935. The minimum atomic E-state index is -0.487. The Labute approximate surface area is 169 Å². The number of carbonyl (C=O) groups excluding carboxylic acids is 1. The van der Waals surface area contributed by atoms with Crippen molar-refractivity contribution in [1.29, 1.82) is 0 Å². The fraction of sp³-hybridized carbons (Fsp3) is 0.400. The van der Waals surface area contributed by atoms with Crippen molar-refractivity contribution in [3.8, 4) is 11.4 Å². The third-order valence-electron chi connectivity index (χ3n) is 5.02. The predicted octanol–water partition coefficient (Wildman–Crippen LogP) is 1.68. The smallest absolute Gasteiger partial charge is 0.249 e. The number of anilines is 1. The van der Waals surface area contributed by atoms with Gasteiger partial charge in [0.2, 0.25) is 17.7 Å². The molecule has 1 saturated heterocycles. The fourth-order valence-corrected chi connectivity index (χ4v) is 3.46. The number of piperazine rings is 1. The highest BCUT2D eigenvalue weighted by molar-refractivity contribution is 5.80. The average molecular weight is 392 g/mol. The summed E-state index contributed by atoms with van der Waals surface area (Å²) in [5, 5.41) is 12.8. The second kappa shape index (κ2) is 8.34. The van der Waals surface area contributed by atoms with Gasteiger partial charge >= 0.3 is 0 Å². The zero-order valence-electron chi connectivity index (χ0n) is 16.6. The number of hydrogen-bond donors (Lipinski definition) is 0. The number of amides is 1. The predicted molar refractivity (Wildman–Crippen MR) is 108 cm³/mol. The molecule has 4 rings (SSSR count). The summed E-state index contributed by atoms with van der Waals surface area (Å²) >= 11 is 0. The van der Waals surface area contributed by atoms with Crippen molar-refractivity contribution in [2.75, 3.05) is 31.1 Å². The zero-order chi connectivity index (χ0) is 20.2. The lowest BCUT2D eigenvalue weighted by Crippen LogP contribution is -2.51. The van der Waals surface area contributed by atoms with Crippen LogP contribution in [0.4, 0.5) is 5.95 Å². The van der Waals surface area contributed by atoms with Crippen LogP contribution in [0.3, 0.4) is 0 Å². The van der Waals surface area contributed by atoms with E-state index in [9.17, 15) is 4.79 Å². The van der Waals surface area contributed by atoms with Gasteiger partial charge in [0.05, 0.1) is 0 Å². The van der Waals surface area contributed by atoms with Gasteiger partial charge in [-0.05, 0) is 17.2 Å². The van der Waals surface area contributed by atoms with E-state index in [-0.39, 0.29) is 11.8 Å². The number of tetrazole rings is 1. The third kappa shape index (κ3) is 4.08. The molecule has 0 saturated carbocycles. The van der Waals surface area contributed by atoms with Gasteiger partial charge in [-0.25, -0.2) is 9.97 Å². The molecule has 1 unspecified atom stereocenters. The summed E-state index contributed by atoms with van der Waals surface area (Å²) in [4.78, 5) is 27.3. The van der Waals surface area contributed by atoms with Gasteiger partial charge < -0.3 is 9.80 Å². The van der Waals surface area contributed by atoms with Crippen LogP contribution < -0.4 is 4.90 Å². The topological polar surface area (TPSA) is 92.9 Å². The summed E-state index contributed by atoms with van der Waals surface area (Å²) in [5.41, 5.74) is 0.880. The first kappa shape index (κ1) is 19.0. The van der Waals surface area contributed by atoms with E-state index in [0.29, 0.717) is 38.0 Å². The van der Waals surface area contributed by atoms with Crippen LogP contribution in [-0.2, 0) is 4.79 Å². The third-order valence-corrected chi connectivity index (χ3v) is 5.02. The van der Waals surface area contributed by atoms with Crippen molar-refractivity contribution in [3.63, 3.8) is 0 Å². The van der Waals surface area contributed by atoms with Crippen molar-refractivity contribution in [2.45, 2.75) is 19.9 Å². The Balaban J connectivity index is 1.47. The molecular formula is C20H24N8O. The zero-order valence-corrected chi connectivity index (χ0v) is 16.6. The molecule has 3 heterocycles. The summed E-state index contributed by atoms with van der Waals surface area (Å²) in [6, 6.07) is 11.0. The molecule has 150 valence electrons. The van der Waals surface area contributed by atoms with Crippen LogP contribution >= 0.6 is 0 Å². The largest absolute Gasteiger partial charge is 0.337 e. The molecule has 0 bridgehead atoms. The van der Waals surface area contributed by atoms with E-state index in [1.807, 2.05) is 49.1 Å². The first-order valence-corrected chi connectivity index (χ1v) is 9.79. The van der Waals surface area contributed by atoms with Gasteiger partial charge in [-0.1, -0.05) is 44.2 Å². The molecule has 0 N–H and O–H groups in total. The normalized spacial score (nSPS) is 15.6. The molecule has 2 aromatic heterocycles. The van der Waals surface area contributed by atoms with E-state index < -0.39 is 6.04 Å². The summed E-state index contributed by atoms with van der Waals surface area (Å²) in [5.74, 6) is 1.28. The van der Waals surface area contributed by atoms with E-state index in [1.165, 1.54) is 4.80 Å². The van der Waals surface area contributed by atoms with Crippen LogP contribution in [0.25, 0.3) is 11.4 Å². The molecule has 3 aromatic rings. The standard InChI is InChI=1S/C20H24N8O/c1-15(2)17(28-24-18(23-25-28)16-7-4-3-5-8-16)19(29)26-11-13-27(14-12-26)20-21-9-6-10-22-20/h3-10,15,17H,11-14H2,1-2H3. The minimum absolute atomic E-state index is 0.0191. The first-order chi connectivity index (χ1) is 14.1. The Kier molecular flexibility index (Phi) is 5.46. The monoisotopic (exact) mass is 392 g/mol. The fourth-order valence-electron chi connectivity index (χ4n) is 3.46. The maximum atomic E-state index is 13.3. The van der Waals surface area contributed by atoms with Gasteiger partial charge in [0.15, 0.2) is 6.04 Å². The maximum absolute atomic E-state index is 13.3. The lowest BCUT2D eigenvalue weighted by Gasteiger charge is -2.36. The van der Waals surface area contributed by atoms with Crippen LogP contribution in [0.15, 0.2) is 48.8 Å². The highest BCUT2D eigenvalue weighted by atomic mass is 16.2. The molecule has 9 heteroatoms.